The summed E-state index contributed by atoms with van der Waals surface area (Å²) in [6.45, 7) is 18.8. The Balaban J connectivity index is 1.44. The summed E-state index contributed by atoms with van der Waals surface area (Å²) in [4.78, 5) is 0.407. The summed E-state index contributed by atoms with van der Waals surface area (Å²) in [5.74, 6) is 1.85. The molecule has 0 bridgehead atoms. The number of hydrogen-bond donors (Lipinski definition) is 0. The van der Waals surface area contributed by atoms with Crippen molar-refractivity contribution in [3.63, 3.8) is 0 Å². The van der Waals surface area contributed by atoms with E-state index in [9.17, 15) is 8.42 Å². The Morgan fingerprint density at radius 1 is 0.636 bits per heavy atom. The molecule has 0 fully saturated rings. The van der Waals surface area contributed by atoms with Gasteiger partial charge in [-0.25, -0.2) is 8.42 Å². The highest BCUT2D eigenvalue weighted by atomic mass is 32.2. The molecular weight excluding hydrogens is 568 g/mol. The Hall–Kier alpha value is -3.87. The highest BCUT2D eigenvalue weighted by molar-refractivity contribution is 7.91. The molecule has 0 aliphatic carbocycles. The SMILES string of the molecule is C=CCOC(C)(CC)c1ccc(C(C)(C)c2ccc(Oc3ccc(S(=O)(=O)c4ccc(OC(C)(C)C)cc4)cc3)cc2)cc1. The van der Waals surface area contributed by atoms with Crippen molar-refractivity contribution < 1.29 is 22.6 Å². The fourth-order valence-electron chi connectivity index (χ4n) is 4.98. The Labute approximate surface area is 263 Å². The van der Waals surface area contributed by atoms with Crippen molar-refractivity contribution in [2.24, 2.45) is 0 Å². The third-order valence-electron chi connectivity index (χ3n) is 7.92. The maximum Gasteiger partial charge on any atom is 0.206 e. The number of ether oxygens (including phenoxy) is 3. The first kappa shape index (κ1) is 33.0. The van der Waals surface area contributed by atoms with Gasteiger partial charge in [0.2, 0.25) is 9.84 Å². The highest BCUT2D eigenvalue weighted by Gasteiger charge is 2.28. The van der Waals surface area contributed by atoms with Crippen LogP contribution in [0.15, 0.2) is 120 Å². The molecule has 1 atom stereocenters. The molecule has 0 heterocycles. The zero-order valence-corrected chi connectivity index (χ0v) is 27.7. The molecule has 4 aromatic carbocycles. The van der Waals surface area contributed by atoms with E-state index in [4.69, 9.17) is 14.2 Å². The molecule has 0 aliphatic heterocycles. The Morgan fingerprint density at radius 2 is 1.05 bits per heavy atom. The van der Waals surface area contributed by atoms with E-state index in [2.05, 4.69) is 70.7 Å². The lowest BCUT2D eigenvalue weighted by atomic mass is 9.77. The summed E-state index contributed by atoms with van der Waals surface area (Å²) >= 11 is 0. The van der Waals surface area contributed by atoms with Crippen molar-refractivity contribution >= 4 is 9.84 Å². The first-order valence-corrected chi connectivity index (χ1v) is 16.4. The molecule has 0 aromatic heterocycles. The summed E-state index contributed by atoms with van der Waals surface area (Å²) in [6, 6.07) is 29.6. The van der Waals surface area contributed by atoms with E-state index >= 15 is 0 Å². The smallest absolute Gasteiger partial charge is 0.206 e. The van der Waals surface area contributed by atoms with Crippen molar-refractivity contribution in [1.29, 1.82) is 0 Å². The molecule has 1 unspecified atom stereocenters. The van der Waals surface area contributed by atoms with Crippen LogP contribution < -0.4 is 9.47 Å². The molecule has 0 saturated carbocycles. The van der Waals surface area contributed by atoms with E-state index in [-0.39, 0.29) is 26.4 Å². The van der Waals surface area contributed by atoms with Crippen LogP contribution in [0.25, 0.3) is 0 Å². The largest absolute Gasteiger partial charge is 0.488 e. The minimum Gasteiger partial charge on any atom is -0.488 e. The monoisotopic (exact) mass is 612 g/mol. The van der Waals surface area contributed by atoms with Crippen LogP contribution in [0.2, 0.25) is 0 Å². The molecule has 4 aromatic rings. The molecule has 0 amide bonds. The van der Waals surface area contributed by atoms with Crippen molar-refractivity contribution in [3.8, 4) is 17.2 Å². The Morgan fingerprint density at radius 3 is 1.48 bits per heavy atom. The minimum atomic E-state index is -3.68. The van der Waals surface area contributed by atoms with Gasteiger partial charge in [-0.3, -0.25) is 0 Å². The van der Waals surface area contributed by atoms with Gasteiger partial charge in [0.1, 0.15) is 22.8 Å². The predicted molar refractivity (Wildman–Crippen MR) is 178 cm³/mol. The molecule has 0 spiro atoms. The zero-order valence-electron chi connectivity index (χ0n) is 26.9. The summed E-state index contributed by atoms with van der Waals surface area (Å²) in [5, 5.41) is 0. The van der Waals surface area contributed by atoms with Crippen LogP contribution in [0.4, 0.5) is 0 Å². The third kappa shape index (κ3) is 7.61. The fraction of sp³-hybridized carbons (Fsp3) is 0.316. The predicted octanol–water partition coefficient (Wildman–Crippen LogP) is 9.64. The molecule has 232 valence electrons. The molecule has 0 saturated heterocycles. The normalized spacial score (nSPS) is 13.6. The van der Waals surface area contributed by atoms with Gasteiger partial charge in [-0.1, -0.05) is 63.2 Å². The second-order valence-electron chi connectivity index (χ2n) is 12.7. The van der Waals surface area contributed by atoms with Crippen LogP contribution in [0.1, 0.15) is 71.6 Å². The summed E-state index contributed by atoms with van der Waals surface area (Å²) in [5.41, 5.74) is 2.55. The van der Waals surface area contributed by atoms with Gasteiger partial charge in [-0.05, 0) is 111 Å². The van der Waals surface area contributed by atoms with Crippen LogP contribution in [0.3, 0.4) is 0 Å². The van der Waals surface area contributed by atoms with Crippen LogP contribution in [0, 0.1) is 0 Å². The van der Waals surface area contributed by atoms with Crippen LogP contribution in [-0.2, 0) is 25.6 Å². The average molecular weight is 613 g/mol. The van der Waals surface area contributed by atoms with Gasteiger partial charge in [-0.2, -0.15) is 0 Å². The summed E-state index contributed by atoms with van der Waals surface area (Å²) in [6.07, 6.45) is 2.65. The molecule has 0 N–H and O–H groups in total. The quantitative estimate of drug-likeness (QED) is 0.149. The summed E-state index contributed by atoms with van der Waals surface area (Å²) in [7, 11) is -3.68. The number of hydrogen-bond acceptors (Lipinski definition) is 5. The van der Waals surface area contributed by atoms with Gasteiger partial charge >= 0.3 is 0 Å². The number of sulfone groups is 1. The Bertz CT molecular complexity index is 1650. The maximum absolute atomic E-state index is 13.2. The summed E-state index contributed by atoms with van der Waals surface area (Å²) < 4.78 is 44.3. The van der Waals surface area contributed by atoms with Gasteiger partial charge in [0.25, 0.3) is 0 Å². The van der Waals surface area contributed by atoms with Gasteiger partial charge in [0.15, 0.2) is 0 Å². The van der Waals surface area contributed by atoms with Crippen LogP contribution >= 0.6 is 0 Å². The average Bonchev–Trinajstić information content (AvgIpc) is 3.00. The lowest BCUT2D eigenvalue weighted by Gasteiger charge is -2.31. The molecular formula is C38H44O5S. The third-order valence-corrected chi connectivity index (χ3v) is 9.70. The van der Waals surface area contributed by atoms with E-state index in [1.54, 1.807) is 54.6 Å². The van der Waals surface area contributed by atoms with Crippen LogP contribution in [-0.4, -0.2) is 20.6 Å². The fourth-order valence-corrected chi connectivity index (χ4v) is 6.24. The second-order valence-corrected chi connectivity index (χ2v) is 14.6. The van der Waals surface area contributed by atoms with Gasteiger partial charge < -0.3 is 14.2 Å². The number of rotatable bonds is 12. The molecule has 5 nitrogen and oxygen atoms in total. The molecule has 44 heavy (non-hydrogen) atoms. The van der Waals surface area contributed by atoms with Crippen molar-refractivity contribution in [1.82, 2.24) is 0 Å². The van der Waals surface area contributed by atoms with E-state index < -0.39 is 9.84 Å². The zero-order chi connectivity index (χ0) is 32.2. The lowest BCUT2D eigenvalue weighted by Crippen LogP contribution is -2.26. The van der Waals surface area contributed by atoms with Gasteiger partial charge in [0, 0.05) is 5.41 Å². The van der Waals surface area contributed by atoms with Gasteiger partial charge in [-0.15, -0.1) is 6.58 Å². The van der Waals surface area contributed by atoms with Crippen LogP contribution in [0.5, 0.6) is 17.2 Å². The second kappa shape index (κ2) is 13.0. The van der Waals surface area contributed by atoms with E-state index in [0.29, 0.717) is 23.9 Å². The first-order chi connectivity index (χ1) is 20.7. The minimum absolute atomic E-state index is 0.198. The number of benzene rings is 4. The van der Waals surface area contributed by atoms with E-state index in [0.717, 1.165) is 17.5 Å². The van der Waals surface area contributed by atoms with Gasteiger partial charge in [0.05, 0.1) is 22.0 Å². The van der Waals surface area contributed by atoms with Crippen molar-refractivity contribution in [3.05, 3.63) is 126 Å². The lowest BCUT2D eigenvalue weighted by molar-refractivity contribution is -0.0236. The van der Waals surface area contributed by atoms with Crippen molar-refractivity contribution in [2.45, 2.75) is 81.3 Å². The highest BCUT2D eigenvalue weighted by Crippen LogP contribution is 2.36. The molecule has 6 heteroatoms. The maximum atomic E-state index is 13.2. The standard InChI is InChI=1S/C38H44O5S/c1-9-27-41-38(8,10-2)30-13-11-28(12-14-30)37(6,7)29-15-17-31(18-16-29)42-32-19-23-34(24-20-32)44(39,40)35-25-21-33(22-26-35)43-36(3,4)5/h9,11-26H,1,10,27H2,2-8H3. The topological polar surface area (TPSA) is 61.8 Å². The first-order valence-electron chi connectivity index (χ1n) is 15.0. The molecule has 0 radical (unpaired) electrons. The van der Waals surface area contributed by atoms with E-state index in [1.807, 2.05) is 32.9 Å². The molecule has 4 rings (SSSR count). The molecule has 0 aliphatic rings. The van der Waals surface area contributed by atoms with E-state index in [1.165, 1.54) is 5.56 Å². The van der Waals surface area contributed by atoms with Crippen molar-refractivity contribution in [2.75, 3.05) is 6.61 Å². The Kier molecular flexibility index (Phi) is 9.77.